The number of carbonyl (C=O) groups excluding carboxylic acids is 1. The maximum atomic E-state index is 12.5. The Balaban J connectivity index is 0.00000161. The molecule has 7 heteroatoms. The topological polar surface area (TPSA) is 88.5 Å². The van der Waals surface area contributed by atoms with Crippen molar-refractivity contribution in [2.75, 3.05) is 0 Å². The molecule has 2 aromatic rings. The van der Waals surface area contributed by atoms with Crippen molar-refractivity contribution in [1.82, 2.24) is 0 Å². The maximum absolute atomic E-state index is 12.5. The van der Waals surface area contributed by atoms with Crippen molar-refractivity contribution in [3.63, 3.8) is 0 Å². The molecule has 0 aromatic heterocycles. The summed E-state index contributed by atoms with van der Waals surface area (Å²) in [5, 5.41) is 8.94. The number of carbonyl (C=O) groups is 2. The van der Waals surface area contributed by atoms with Gasteiger partial charge in [0.05, 0.1) is 15.4 Å². The number of carboxylic acids is 1. The number of sulfone groups is 1. The number of rotatable bonds is 1. The zero-order valence-corrected chi connectivity index (χ0v) is 13.8. The van der Waals surface area contributed by atoms with Gasteiger partial charge in [-0.05, 0) is 30.3 Å². The number of hydrogen-bond acceptors (Lipinski definition) is 4. The number of carboxylic acid groups (broad SMARTS) is 1. The van der Waals surface area contributed by atoms with Crippen LogP contribution in [-0.4, -0.2) is 54.8 Å². The molecule has 1 heterocycles. The molecule has 2 aromatic carbocycles. The molecule has 1 aliphatic rings. The Kier molecular flexibility index (Phi) is 4.08. The summed E-state index contributed by atoms with van der Waals surface area (Å²) in [7, 11) is -3.87. The quantitative estimate of drug-likeness (QED) is 0.686. The third kappa shape index (κ3) is 2.34. The molecule has 0 spiro atoms. The van der Waals surface area contributed by atoms with Crippen molar-refractivity contribution in [3.8, 4) is 0 Å². The molecular weight excluding hydrogens is 303 g/mol. The zero-order valence-electron chi connectivity index (χ0n) is 11.0. The zero-order chi connectivity index (χ0) is 14.5. The van der Waals surface area contributed by atoms with Gasteiger partial charge in [-0.2, -0.15) is 0 Å². The largest absolute Gasteiger partial charge is 0.478 e. The average Bonchev–Trinajstić information content (AvgIpc) is 2.44. The van der Waals surface area contributed by atoms with E-state index in [4.69, 9.17) is 5.11 Å². The first-order chi connectivity index (χ1) is 9.43. The molecule has 0 amide bonds. The van der Waals surface area contributed by atoms with Crippen molar-refractivity contribution >= 4 is 51.1 Å². The Morgan fingerprint density at radius 2 is 1.57 bits per heavy atom. The van der Waals surface area contributed by atoms with E-state index in [0.29, 0.717) is 0 Å². The second-order valence-electron chi connectivity index (χ2n) is 4.34. The van der Waals surface area contributed by atoms with Crippen LogP contribution in [-0.2, 0) is 9.84 Å². The summed E-state index contributed by atoms with van der Waals surface area (Å²) < 4.78 is 24.9. The summed E-state index contributed by atoms with van der Waals surface area (Å²) in [5.41, 5.74) is -0.0451. The van der Waals surface area contributed by atoms with E-state index in [1.165, 1.54) is 30.3 Å². The fourth-order valence-corrected chi connectivity index (χ4v) is 3.89. The van der Waals surface area contributed by atoms with Crippen LogP contribution in [0.25, 0.3) is 0 Å². The van der Waals surface area contributed by atoms with Crippen LogP contribution in [0.3, 0.4) is 0 Å². The molecular formula is C14H8NaO5S. The van der Waals surface area contributed by atoms with Crippen molar-refractivity contribution in [3.05, 3.63) is 59.2 Å². The van der Waals surface area contributed by atoms with Gasteiger partial charge >= 0.3 is 5.97 Å². The SMILES string of the molecule is O=C(O)c1ccc2c(c1)S(=O)(=O)c1ccccc1C2=O.[Na]. The molecule has 1 radical (unpaired) electrons. The second kappa shape index (κ2) is 5.38. The minimum atomic E-state index is -3.87. The molecule has 3 rings (SSSR count). The average molecular weight is 311 g/mol. The number of aromatic carboxylic acids is 1. The molecule has 0 bridgehead atoms. The molecule has 5 nitrogen and oxygen atoms in total. The summed E-state index contributed by atoms with van der Waals surface area (Å²) in [6.07, 6.45) is 0. The third-order valence-corrected chi connectivity index (χ3v) is 5.04. The minimum Gasteiger partial charge on any atom is -0.478 e. The van der Waals surface area contributed by atoms with Gasteiger partial charge in [-0.15, -0.1) is 0 Å². The first-order valence-corrected chi connectivity index (χ1v) is 7.17. The summed E-state index contributed by atoms with van der Waals surface area (Å²) in [5.74, 6) is -1.66. The van der Waals surface area contributed by atoms with Crippen LogP contribution in [0.5, 0.6) is 0 Å². The van der Waals surface area contributed by atoms with E-state index in [9.17, 15) is 18.0 Å². The smallest absolute Gasteiger partial charge is 0.335 e. The predicted molar refractivity (Wildman–Crippen MR) is 74.5 cm³/mol. The van der Waals surface area contributed by atoms with E-state index < -0.39 is 21.6 Å². The van der Waals surface area contributed by atoms with Gasteiger partial charge in [0.15, 0.2) is 5.78 Å². The van der Waals surface area contributed by atoms with Crippen molar-refractivity contribution in [1.29, 1.82) is 0 Å². The van der Waals surface area contributed by atoms with Crippen molar-refractivity contribution in [2.45, 2.75) is 9.79 Å². The van der Waals surface area contributed by atoms with Gasteiger partial charge in [-0.25, -0.2) is 13.2 Å². The van der Waals surface area contributed by atoms with Crippen molar-refractivity contribution < 1.29 is 23.1 Å². The van der Waals surface area contributed by atoms with E-state index in [2.05, 4.69) is 0 Å². The van der Waals surface area contributed by atoms with Gasteiger partial charge in [-0.3, -0.25) is 4.79 Å². The maximum Gasteiger partial charge on any atom is 0.335 e. The van der Waals surface area contributed by atoms with Gasteiger partial charge < -0.3 is 5.11 Å². The molecule has 0 fully saturated rings. The Hall–Kier alpha value is -1.47. The van der Waals surface area contributed by atoms with Crippen LogP contribution < -0.4 is 0 Å². The minimum absolute atomic E-state index is 0. The molecule has 21 heavy (non-hydrogen) atoms. The fraction of sp³-hybridized carbons (Fsp3) is 0. The van der Waals surface area contributed by atoms with Crippen LogP contribution >= 0.6 is 0 Å². The van der Waals surface area contributed by atoms with Crippen molar-refractivity contribution in [2.24, 2.45) is 0 Å². The predicted octanol–water partition coefficient (Wildman–Crippen LogP) is 1.38. The standard InChI is InChI=1S/C14H8O5S.Na/c15-13-9-3-1-2-4-11(9)20(18,19)12-7-8(14(16)17)5-6-10(12)13;/h1-7H,(H,16,17);. The Bertz CT molecular complexity index is 871. The molecule has 0 unspecified atom stereocenters. The van der Waals surface area contributed by atoms with Crippen LogP contribution in [0.1, 0.15) is 26.3 Å². The summed E-state index contributed by atoms with van der Waals surface area (Å²) in [4.78, 5) is 22.9. The second-order valence-corrected chi connectivity index (χ2v) is 6.23. The Morgan fingerprint density at radius 3 is 2.24 bits per heavy atom. The van der Waals surface area contributed by atoms with Gasteiger partial charge in [0.1, 0.15) is 0 Å². The van der Waals surface area contributed by atoms with E-state index in [0.717, 1.165) is 6.07 Å². The van der Waals surface area contributed by atoms with Crippen LogP contribution in [0, 0.1) is 0 Å². The van der Waals surface area contributed by atoms with Crippen LogP contribution in [0.4, 0.5) is 0 Å². The van der Waals surface area contributed by atoms with Crippen LogP contribution in [0.15, 0.2) is 52.3 Å². The first-order valence-electron chi connectivity index (χ1n) is 5.69. The Morgan fingerprint density at radius 1 is 0.952 bits per heavy atom. The normalized spacial score (nSPS) is 14.6. The molecule has 0 aliphatic carbocycles. The molecule has 101 valence electrons. The molecule has 1 N–H and O–H groups in total. The molecule has 0 atom stereocenters. The Labute approximate surface area is 142 Å². The summed E-state index contributed by atoms with van der Waals surface area (Å²) in [6, 6.07) is 9.40. The van der Waals surface area contributed by atoms with E-state index in [1.54, 1.807) is 6.07 Å². The summed E-state index contributed by atoms with van der Waals surface area (Å²) >= 11 is 0. The third-order valence-electron chi connectivity index (χ3n) is 3.18. The van der Waals surface area contributed by atoms with E-state index >= 15 is 0 Å². The summed E-state index contributed by atoms with van der Waals surface area (Å²) in [6.45, 7) is 0. The molecule has 1 aliphatic heterocycles. The van der Waals surface area contributed by atoms with E-state index in [-0.39, 0.29) is 56.0 Å². The van der Waals surface area contributed by atoms with Gasteiger partial charge in [0.25, 0.3) is 0 Å². The first kappa shape index (κ1) is 15.9. The fourth-order valence-electron chi connectivity index (χ4n) is 2.22. The van der Waals surface area contributed by atoms with Gasteiger partial charge in [0.2, 0.25) is 9.84 Å². The number of hydrogen-bond donors (Lipinski definition) is 1. The molecule has 0 saturated heterocycles. The number of fused-ring (bicyclic) bond motifs is 2. The number of benzene rings is 2. The van der Waals surface area contributed by atoms with Gasteiger partial charge in [0, 0.05) is 40.7 Å². The van der Waals surface area contributed by atoms with E-state index in [1.807, 2.05) is 0 Å². The number of ketones is 1. The monoisotopic (exact) mass is 311 g/mol. The molecule has 0 saturated carbocycles. The van der Waals surface area contributed by atoms with Crippen LogP contribution in [0.2, 0.25) is 0 Å². The van der Waals surface area contributed by atoms with Gasteiger partial charge in [-0.1, -0.05) is 12.1 Å².